The predicted octanol–water partition coefficient (Wildman–Crippen LogP) is 2.06. The Morgan fingerprint density at radius 1 is 1.31 bits per heavy atom. The molecule has 0 unspecified atom stereocenters. The summed E-state index contributed by atoms with van der Waals surface area (Å²) in [4.78, 5) is 11.1. The minimum Gasteiger partial charge on any atom is -0.383 e. The van der Waals surface area contributed by atoms with E-state index in [2.05, 4.69) is 20.9 Å². The Morgan fingerprint density at radius 3 is 2.85 bits per heavy atom. The second-order valence-electron chi connectivity index (χ2n) is 6.46. The first-order chi connectivity index (χ1) is 12.6. The Kier molecular flexibility index (Phi) is 6.05. The first-order valence-electron chi connectivity index (χ1n) is 8.98. The number of sulfone groups is 1. The third-order valence-corrected chi connectivity index (χ3v) is 6.48. The van der Waals surface area contributed by atoms with Crippen LogP contribution in [-0.2, 0) is 27.7 Å². The van der Waals surface area contributed by atoms with Gasteiger partial charge in [-0.2, -0.15) is 0 Å². The van der Waals surface area contributed by atoms with Gasteiger partial charge in [0.05, 0.1) is 36.0 Å². The van der Waals surface area contributed by atoms with Gasteiger partial charge in [0.2, 0.25) is 15.0 Å². The van der Waals surface area contributed by atoms with Gasteiger partial charge in [-0.05, 0) is 31.5 Å². The summed E-state index contributed by atoms with van der Waals surface area (Å²) in [7, 11) is -1.76. The summed E-state index contributed by atoms with van der Waals surface area (Å²) in [5, 5.41) is 0.139. The summed E-state index contributed by atoms with van der Waals surface area (Å²) in [6.45, 7) is 4.17. The van der Waals surface area contributed by atoms with Crippen LogP contribution in [0.2, 0.25) is 0 Å². The van der Waals surface area contributed by atoms with Crippen LogP contribution in [0.1, 0.15) is 37.2 Å². The highest BCUT2D eigenvalue weighted by Gasteiger charge is 2.29. The third-order valence-electron chi connectivity index (χ3n) is 4.84. The predicted molar refractivity (Wildman–Crippen MR) is 98.5 cm³/mol. The topological polar surface area (TPSA) is 77.3 Å². The van der Waals surface area contributed by atoms with Gasteiger partial charge in [-0.15, -0.1) is 0 Å². The van der Waals surface area contributed by atoms with Crippen molar-refractivity contribution in [3.05, 3.63) is 42.0 Å². The Labute approximate surface area is 154 Å². The SMILES string of the molecule is CCS(=O)(=O)c1ncc(CN2CCC[C@@H]2c2ccccn2)n1CCOC. The van der Waals surface area contributed by atoms with Crippen molar-refractivity contribution in [2.24, 2.45) is 0 Å². The number of hydrogen-bond donors (Lipinski definition) is 0. The number of likely N-dealkylation sites (tertiary alicyclic amines) is 1. The maximum Gasteiger partial charge on any atom is 0.227 e. The highest BCUT2D eigenvalue weighted by molar-refractivity contribution is 7.91. The Balaban J connectivity index is 1.87. The van der Waals surface area contributed by atoms with Crippen LogP contribution in [0.3, 0.4) is 0 Å². The van der Waals surface area contributed by atoms with Crippen molar-refractivity contribution in [3.63, 3.8) is 0 Å². The van der Waals surface area contributed by atoms with Crippen molar-refractivity contribution in [2.45, 2.75) is 44.1 Å². The number of methoxy groups -OCH3 is 1. The molecule has 0 amide bonds. The zero-order valence-corrected chi connectivity index (χ0v) is 16.2. The molecule has 0 N–H and O–H groups in total. The van der Waals surface area contributed by atoms with E-state index in [1.54, 1.807) is 24.8 Å². The van der Waals surface area contributed by atoms with Gasteiger partial charge in [0, 0.05) is 26.4 Å². The van der Waals surface area contributed by atoms with E-state index >= 15 is 0 Å². The Morgan fingerprint density at radius 2 is 2.15 bits per heavy atom. The van der Waals surface area contributed by atoms with E-state index in [0.717, 1.165) is 30.8 Å². The van der Waals surface area contributed by atoms with Gasteiger partial charge in [0.25, 0.3) is 0 Å². The molecule has 142 valence electrons. The van der Waals surface area contributed by atoms with Gasteiger partial charge in [-0.1, -0.05) is 13.0 Å². The van der Waals surface area contributed by atoms with Crippen LogP contribution in [0.15, 0.2) is 35.7 Å². The standard InChI is InChI=1S/C18H26N4O3S/c1-3-26(23,24)18-20-13-15(22(18)11-12-25-2)14-21-10-6-8-17(21)16-7-4-5-9-19-16/h4-5,7,9,13,17H,3,6,8,10-12,14H2,1-2H3/t17-/m1/s1. The summed E-state index contributed by atoms with van der Waals surface area (Å²) in [6.07, 6.45) is 5.67. The zero-order chi connectivity index (χ0) is 18.6. The molecule has 2 aromatic rings. The second-order valence-corrected chi connectivity index (χ2v) is 8.64. The average molecular weight is 378 g/mol. The molecule has 0 aromatic carbocycles. The highest BCUT2D eigenvalue weighted by Crippen LogP contribution is 2.32. The van der Waals surface area contributed by atoms with Crippen molar-refractivity contribution in [2.75, 3.05) is 26.0 Å². The Bertz CT molecular complexity index is 820. The number of nitrogens with zero attached hydrogens (tertiary/aromatic N) is 4. The van der Waals surface area contributed by atoms with Gasteiger partial charge in [-0.25, -0.2) is 13.4 Å². The summed E-state index contributed by atoms with van der Waals surface area (Å²) in [6, 6.07) is 6.24. The molecule has 0 radical (unpaired) electrons. The number of pyridine rings is 1. The Hall–Kier alpha value is -1.77. The molecular weight excluding hydrogens is 352 g/mol. The molecule has 0 spiro atoms. The molecule has 2 aromatic heterocycles. The molecule has 7 nitrogen and oxygen atoms in total. The van der Waals surface area contributed by atoms with Gasteiger partial charge in [0.1, 0.15) is 0 Å². The summed E-state index contributed by atoms with van der Waals surface area (Å²) in [5.74, 6) is 0.0384. The molecule has 1 atom stereocenters. The van der Waals surface area contributed by atoms with Crippen LogP contribution >= 0.6 is 0 Å². The quantitative estimate of drug-likeness (QED) is 0.700. The number of rotatable bonds is 8. The lowest BCUT2D eigenvalue weighted by molar-refractivity contribution is 0.180. The number of aromatic nitrogens is 3. The van der Waals surface area contributed by atoms with Crippen molar-refractivity contribution in [1.82, 2.24) is 19.4 Å². The first kappa shape index (κ1) is 19.0. The third kappa shape index (κ3) is 3.97. The first-order valence-corrected chi connectivity index (χ1v) is 10.6. The zero-order valence-electron chi connectivity index (χ0n) is 15.3. The minimum absolute atomic E-state index is 0.0384. The fourth-order valence-electron chi connectivity index (χ4n) is 3.45. The number of imidazole rings is 1. The molecule has 26 heavy (non-hydrogen) atoms. The molecule has 8 heteroatoms. The summed E-state index contributed by atoms with van der Waals surface area (Å²) in [5.41, 5.74) is 1.96. The van der Waals surface area contributed by atoms with Crippen molar-refractivity contribution in [3.8, 4) is 0 Å². The summed E-state index contributed by atoms with van der Waals surface area (Å²) >= 11 is 0. The maximum absolute atomic E-state index is 12.4. The van der Waals surface area contributed by atoms with Crippen LogP contribution in [0.5, 0.6) is 0 Å². The minimum atomic E-state index is -3.37. The van der Waals surface area contributed by atoms with Crippen molar-refractivity contribution < 1.29 is 13.2 Å². The second kappa shape index (κ2) is 8.28. The number of hydrogen-bond acceptors (Lipinski definition) is 6. The molecule has 0 saturated carbocycles. The molecule has 1 aliphatic rings. The molecule has 3 heterocycles. The van der Waals surface area contributed by atoms with Crippen LogP contribution in [-0.4, -0.2) is 53.9 Å². The van der Waals surface area contributed by atoms with Gasteiger partial charge < -0.3 is 9.30 Å². The highest BCUT2D eigenvalue weighted by atomic mass is 32.2. The van der Waals surface area contributed by atoms with Crippen LogP contribution in [0.4, 0.5) is 0 Å². The lowest BCUT2D eigenvalue weighted by atomic mass is 10.1. The maximum atomic E-state index is 12.4. The average Bonchev–Trinajstić information content (AvgIpc) is 3.28. The van der Waals surface area contributed by atoms with Gasteiger partial charge in [-0.3, -0.25) is 9.88 Å². The largest absolute Gasteiger partial charge is 0.383 e. The lowest BCUT2D eigenvalue weighted by Gasteiger charge is -2.24. The number of ether oxygens (including phenoxy) is 1. The van der Waals surface area contributed by atoms with Crippen LogP contribution in [0.25, 0.3) is 0 Å². The molecule has 1 aliphatic heterocycles. The fourth-order valence-corrected chi connectivity index (χ4v) is 4.46. The van der Waals surface area contributed by atoms with Crippen molar-refractivity contribution in [1.29, 1.82) is 0 Å². The van der Waals surface area contributed by atoms with E-state index in [4.69, 9.17) is 4.74 Å². The molecular formula is C18H26N4O3S. The van der Waals surface area contributed by atoms with E-state index in [-0.39, 0.29) is 17.0 Å². The van der Waals surface area contributed by atoms with E-state index in [1.807, 2.05) is 18.3 Å². The molecule has 3 rings (SSSR count). The van der Waals surface area contributed by atoms with Crippen molar-refractivity contribution >= 4 is 9.84 Å². The molecule has 1 fully saturated rings. The van der Waals surface area contributed by atoms with E-state index in [1.165, 1.54) is 0 Å². The molecule has 1 saturated heterocycles. The van der Waals surface area contributed by atoms with Gasteiger partial charge >= 0.3 is 0 Å². The van der Waals surface area contributed by atoms with E-state index < -0.39 is 9.84 Å². The molecule has 0 aliphatic carbocycles. The normalized spacial score (nSPS) is 18.5. The lowest BCUT2D eigenvalue weighted by Crippen LogP contribution is -2.26. The smallest absolute Gasteiger partial charge is 0.227 e. The fraction of sp³-hybridized carbons (Fsp3) is 0.556. The molecule has 0 bridgehead atoms. The van der Waals surface area contributed by atoms with Gasteiger partial charge in [0.15, 0.2) is 0 Å². The monoisotopic (exact) mass is 378 g/mol. The van der Waals surface area contributed by atoms with E-state index in [0.29, 0.717) is 19.7 Å². The van der Waals surface area contributed by atoms with Crippen LogP contribution in [0, 0.1) is 0 Å². The summed E-state index contributed by atoms with van der Waals surface area (Å²) < 4.78 is 31.7. The van der Waals surface area contributed by atoms with E-state index in [9.17, 15) is 8.42 Å². The van der Waals surface area contributed by atoms with Crippen LogP contribution < -0.4 is 0 Å².